The van der Waals surface area contributed by atoms with Crippen LogP contribution in [0.3, 0.4) is 0 Å². The van der Waals surface area contributed by atoms with Crippen molar-refractivity contribution in [2.24, 2.45) is 5.41 Å². The fourth-order valence-corrected chi connectivity index (χ4v) is 3.71. The van der Waals surface area contributed by atoms with Crippen molar-refractivity contribution in [2.45, 2.75) is 43.7 Å². The molecular weight excluding hydrogens is 270 g/mol. The number of nitrogens with zero attached hydrogens (tertiary/aromatic N) is 1. The number of carbonyl (C=O) groups is 1. The normalized spacial score (nSPS) is 28.2. The van der Waals surface area contributed by atoms with Gasteiger partial charge in [-0.05, 0) is 19.8 Å². The zero-order valence-corrected chi connectivity index (χ0v) is 11.4. The quantitative estimate of drug-likeness (QED) is 0.755. The van der Waals surface area contributed by atoms with Crippen LogP contribution >= 0.6 is 0 Å². The first-order valence-electron chi connectivity index (χ1n) is 6.10. The van der Waals surface area contributed by atoms with Crippen molar-refractivity contribution in [3.8, 4) is 0 Å². The lowest BCUT2D eigenvalue weighted by Crippen LogP contribution is -2.52. The fraction of sp³-hybridized carbons (Fsp3) is 0.636. The second-order valence-corrected chi connectivity index (χ2v) is 6.74. The first-order valence-corrected chi connectivity index (χ1v) is 7.59. The Kier molecular flexibility index (Phi) is 3.64. The van der Waals surface area contributed by atoms with Crippen LogP contribution in [0.2, 0.25) is 0 Å². The van der Waals surface area contributed by atoms with Gasteiger partial charge in [0, 0.05) is 6.04 Å². The van der Waals surface area contributed by atoms with Gasteiger partial charge in [0.2, 0.25) is 0 Å². The van der Waals surface area contributed by atoms with E-state index in [1.807, 2.05) is 0 Å². The lowest BCUT2D eigenvalue weighted by Gasteiger charge is -2.37. The minimum Gasteiger partial charge on any atom is -0.481 e. The molecule has 19 heavy (non-hydrogen) atoms. The Labute approximate surface area is 111 Å². The maximum atomic E-state index is 12.1. The van der Waals surface area contributed by atoms with Crippen molar-refractivity contribution in [3.63, 3.8) is 0 Å². The third-order valence-corrected chi connectivity index (χ3v) is 5.15. The Morgan fingerprint density at radius 3 is 2.89 bits per heavy atom. The average molecular weight is 287 g/mol. The summed E-state index contributed by atoms with van der Waals surface area (Å²) in [5.74, 6) is -0.968. The largest absolute Gasteiger partial charge is 0.481 e. The third-order valence-electron chi connectivity index (χ3n) is 3.76. The molecule has 1 saturated carbocycles. The van der Waals surface area contributed by atoms with Crippen molar-refractivity contribution in [2.75, 3.05) is 0 Å². The van der Waals surface area contributed by atoms with Crippen LogP contribution in [0.5, 0.6) is 0 Å². The molecule has 2 rings (SSSR count). The highest BCUT2D eigenvalue weighted by Gasteiger charge is 2.45. The highest BCUT2D eigenvalue weighted by atomic mass is 32.2. The standard InChI is InChI=1S/C11H17N3O4S/c1-11(10(15)16)5-3-2-4-8(11)14-19(17,18)9-6-12-7-13-9/h6-8,14H,2-5H2,1H3,(H,12,13)(H,15,16). The molecule has 1 aliphatic rings. The van der Waals surface area contributed by atoms with Crippen LogP contribution in [0.25, 0.3) is 0 Å². The Balaban J connectivity index is 2.24. The van der Waals surface area contributed by atoms with Crippen molar-refractivity contribution >= 4 is 16.0 Å². The first-order chi connectivity index (χ1) is 8.86. The summed E-state index contributed by atoms with van der Waals surface area (Å²) in [5.41, 5.74) is -1.06. The van der Waals surface area contributed by atoms with Crippen molar-refractivity contribution in [1.82, 2.24) is 14.7 Å². The molecule has 0 radical (unpaired) electrons. The van der Waals surface area contributed by atoms with Gasteiger partial charge < -0.3 is 10.1 Å². The summed E-state index contributed by atoms with van der Waals surface area (Å²) in [6.07, 6.45) is 5.08. The maximum Gasteiger partial charge on any atom is 0.310 e. The van der Waals surface area contributed by atoms with Gasteiger partial charge in [0.1, 0.15) is 0 Å². The number of carboxylic acid groups (broad SMARTS) is 1. The number of nitrogens with one attached hydrogen (secondary N) is 2. The second kappa shape index (κ2) is 4.93. The number of aromatic amines is 1. The third kappa shape index (κ3) is 2.64. The Bertz CT molecular complexity index is 555. The highest BCUT2D eigenvalue weighted by molar-refractivity contribution is 7.89. The number of hydrogen-bond donors (Lipinski definition) is 3. The molecule has 106 valence electrons. The van der Waals surface area contributed by atoms with E-state index < -0.39 is 27.4 Å². The minimum atomic E-state index is -3.75. The summed E-state index contributed by atoms with van der Waals surface area (Å²) in [6.45, 7) is 1.59. The number of aromatic nitrogens is 2. The van der Waals surface area contributed by atoms with Crippen LogP contribution in [0.15, 0.2) is 17.6 Å². The van der Waals surface area contributed by atoms with E-state index in [0.717, 1.165) is 12.8 Å². The molecule has 3 N–H and O–H groups in total. The van der Waals surface area contributed by atoms with Gasteiger partial charge in [-0.15, -0.1) is 0 Å². The summed E-state index contributed by atoms with van der Waals surface area (Å²) in [6, 6.07) is -0.605. The van der Waals surface area contributed by atoms with E-state index in [4.69, 9.17) is 0 Å². The van der Waals surface area contributed by atoms with Crippen LogP contribution in [0.1, 0.15) is 32.6 Å². The number of sulfonamides is 1. The fourth-order valence-electron chi connectivity index (χ4n) is 2.42. The predicted molar refractivity (Wildman–Crippen MR) is 66.9 cm³/mol. The summed E-state index contributed by atoms with van der Waals surface area (Å²) < 4.78 is 26.7. The summed E-state index contributed by atoms with van der Waals surface area (Å²) >= 11 is 0. The molecule has 0 aliphatic heterocycles. The molecule has 7 nitrogen and oxygen atoms in total. The molecule has 1 aromatic rings. The SMILES string of the molecule is CC1(C(=O)O)CCCCC1NS(=O)(=O)c1cnc[nH]1. The van der Waals surface area contributed by atoms with Gasteiger partial charge in [-0.1, -0.05) is 12.8 Å². The van der Waals surface area contributed by atoms with Crippen LogP contribution in [0, 0.1) is 5.41 Å². The highest BCUT2D eigenvalue weighted by Crippen LogP contribution is 2.37. The number of aliphatic carboxylic acids is 1. The van der Waals surface area contributed by atoms with Crippen LogP contribution in [-0.2, 0) is 14.8 Å². The van der Waals surface area contributed by atoms with Crippen LogP contribution < -0.4 is 4.72 Å². The first kappa shape index (κ1) is 14.0. The van der Waals surface area contributed by atoms with Gasteiger partial charge in [0.25, 0.3) is 10.0 Å². The van der Waals surface area contributed by atoms with E-state index >= 15 is 0 Å². The zero-order valence-electron chi connectivity index (χ0n) is 10.6. The van der Waals surface area contributed by atoms with Gasteiger partial charge in [0.05, 0.1) is 17.9 Å². The Morgan fingerprint density at radius 2 is 2.32 bits per heavy atom. The Morgan fingerprint density at radius 1 is 1.58 bits per heavy atom. The molecule has 8 heteroatoms. The number of H-pyrrole nitrogens is 1. The van der Waals surface area contributed by atoms with E-state index in [9.17, 15) is 18.3 Å². The number of hydrogen-bond acceptors (Lipinski definition) is 4. The maximum absolute atomic E-state index is 12.1. The molecule has 1 fully saturated rings. The second-order valence-electron chi connectivity index (χ2n) is 5.06. The lowest BCUT2D eigenvalue weighted by molar-refractivity contribution is -0.151. The molecule has 0 spiro atoms. The van der Waals surface area contributed by atoms with Crippen LogP contribution in [0.4, 0.5) is 0 Å². The van der Waals surface area contributed by atoms with Crippen molar-refractivity contribution < 1.29 is 18.3 Å². The molecular formula is C11H17N3O4S. The molecule has 1 heterocycles. The van der Waals surface area contributed by atoms with E-state index in [0.29, 0.717) is 12.8 Å². The molecule has 2 unspecified atom stereocenters. The number of carboxylic acids is 1. The van der Waals surface area contributed by atoms with E-state index in [2.05, 4.69) is 14.7 Å². The summed E-state index contributed by atoms with van der Waals surface area (Å²) in [7, 11) is -3.75. The van der Waals surface area contributed by atoms with Gasteiger partial charge in [0.15, 0.2) is 5.03 Å². The smallest absolute Gasteiger partial charge is 0.310 e. The van der Waals surface area contributed by atoms with Gasteiger partial charge in [-0.25, -0.2) is 18.1 Å². The molecule has 0 aromatic carbocycles. The lowest BCUT2D eigenvalue weighted by atomic mass is 9.72. The Hall–Kier alpha value is -1.41. The monoisotopic (exact) mass is 287 g/mol. The molecule has 0 saturated heterocycles. The summed E-state index contributed by atoms with van der Waals surface area (Å²) in [4.78, 5) is 17.6. The van der Waals surface area contributed by atoms with E-state index in [1.54, 1.807) is 6.92 Å². The van der Waals surface area contributed by atoms with E-state index in [-0.39, 0.29) is 5.03 Å². The van der Waals surface area contributed by atoms with Gasteiger partial charge >= 0.3 is 5.97 Å². The predicted octanol–water partition coefficient (Wildman–Crippen LogP) is 0.721. The van der Waals surface area contributed by atoms with Gasteiger partial charge in [-0.3, -0.25) is 4.79 Å². The zero-order chi connectivity index (χ0) is 14.1. The van der Waals surface area contributed by atoms with Crippen LogP contribution in [-0.4, -0.2) is 35.5 Å². The van der Waals surface area contributed by atoms with Gasteiger partial charge in [-0.2, -0.15) is 0 Å². The van der Waals surface area contributed by atoms with Crippen molar-refractivity contribution in [1.29, 1.82) is 0 Å². The van der Waals surface area contributed by atoms with Crippen molar-refractivity contribution in [3.05, 3.63) is 12.5 Å². The average Bonchev–Trinajstić information content (AvgIpc) is 2.86. The molecule has 1 aromatic heterocycles. The molecule has 2 atom stereocenters. The summed E-state index contributed by atoms with van der Waals surface area (Å²) in [5, 5.41) is 9.29. The molecule has 0 bridgehead atoms. The van der Waals surface area contributed by atoms with E-state index in [1.165, 1.54) is 12.5 Å². The molecule has 1 aliphatic carbocycles. The minimum absolute atomic E-state index is 0.0502. The molecule has 0 amide bonds. The number of imidazole rings is 1. The topological polar surface area (TPSA) is 112 Å². The number of rotatable bonds is 4.